The summed E-state index contributed by atoms with van der Waals surface area (Å²) in [5.41, 5.74) is 0. The predicted molar refractivity (Wildman–Crippen MR) is 50.1 cm³/mol. The molecular weight excluding hydrogens is 188 g/mol. The molecule has 1 fully saturated rings. The number of halogens is 2. The molecule has 82 valence electrons. The molecule has 1 aliphatic rings. The van der Waals surface area contributed by atoms with E-state index in [0.717, 1.165) is 0 Å². The average Bonchev–Trinajstić information content (AvgIpc) is 2.00. The van der Waals surface area contributed by atoms with E-state index in [1.807, 2.05) is 13.8 Å². The Morgan fingerprint density at radius 1 is 1.50 bits per heavy atom. The molecule has 1 aliphatic carbocycles. The molecule has 0 aromatic rings. The van der Waals surface area contributed by atoms with Crippen LogP contribution in [0.25, 0.3) is 0 Å². The summed E-state index contributed by atoms with van der Waals surface area (Å²) >= 11 is 0. The zero-order valence-electron chi connectivity index (χ0n) is 8.65. The van der Waals surface area contributed by atoms with E-state index in [9.17, 15) is 13.6 Å². The Kier molecular flexibility index (Phi) is 3.45. The van der Waals surface area contributed by atoms with Crippen LogP contribution in [0.2, 0.25) is 0 Å². The topological polar surface area (TPSA) is 29.1 Å². The van der Waals surface area contributed by atoms with Gasteiger partial charge in [0.1, 0.15) is 0 Å². The molecule has 0 aromatic carbocycles. The van der Waals surface area contributed by atoms with Gasteiger partial charge < -0.3 is 5.32 Å². The van der Waals surface area contributed by atoms with Gasteiger partial charge in [-0.1, -0.05) is 13.8 Å². The van der Waals surface area contributed by atoms with Gasteiger partial charge in [-0.05, 0) is 12.3 Å². The molecule has 2 nitrogen and oxygen atoms in total. The number of rotatable bonds is 4. The second kappa shape index (κ2) is 4.24. The van der Waals surface area contributed by atoms with Crippen molar-refractivity contribution in [2.45, 2.75) is 39.0 Å². The molecule has 14 heavy (non-hydrogen) atoms. The first-order chi connectivity index (χ1) is 6.41. The Morgan fingerprint density at radius 3 is 2.50 bits per heavy atom. The maximum absolute atomic E-state index is 12.4. The van der Waals surface area contributed by atoms with Gasteiger partial charge in [-0.15, -0.1) is 0 Å². The summed E-state index contributed by atoms with van der Waals surface area (Å²) in [5.74, 6) is -2.38. The van der Waals surface area contributed by atoms with Gasteiger partial charge in [-0.25, -0.2) is 8.78 Å². The number of hydrogen-bond donors (Lipinski definition) is 1. The Hall–Kier alpha value is -0.670. The molecule has 0 saturated heterocycles. The second-order valence-corrected chi connectivity index (χ2v) is 4.36. The van der Waals surface area contributed by atoms with Crippen LogP contribution in [0, 0.1) is 11.8 Å². The SMILES string of the molecule is CC(C)C(=O)NCCC1CC(F)(F)C1. The van der Waals surface area contributed by atoms with E-state index in [2.05, 4.69) is 5.32 Å². The van der Waals surface area contributed by atoms with Crippen LogP contribution < -0.4 is 5.32 Å². The standard InChI is InChI=1S/C10H17F2NO/c1-7(2)9(14)13-4-3-8-5-10(11,12)6-8/h7-8H,3-6H2,1-2H3,(H,13,14). The van der Waals surface area contributed by atoms with Crippen LogP contribution in [0.3, 0.4) is 0 Å². The summed E-state index contributed by atoms with van der Waals surface area (Å²) in [6.07, 6.45) is 0.656. The minimum Gasteiger partial charge on any atom is -0.356 e. The monoisotopic (exact) mass is 205 g/mol. The molecule has 0 unspecified atom stereocenters. The summed E-state index contributed by atoms with van der Waals surface area (Å²) in [7, 11) is 0. The minimum absolute atomic E-state index is 0.00363. The van der Waals surface area contributed by atoms with Crippen LogP contribution in [0.5, 0.6) is 0 Å². The first-order valence-corrected chi connectivity index (χ1v) is 5.06. The molecule has 0 bridgehead atoms. The fourth-order valence-electron chi connectivity index (χ4n) is 1.59. The van der Waals surface area contributed by atoms with Gasteiger partial charge in [0.25, 0.3) is 0 Å². The summed E-state index contributed by atoms with van der Waals surface area (Å²) in [6.45, 7) is 4.15. The third-order valence-electron chi connectivity index (χ3n) is 2.55. The van der Waals surface area contributed by atoms with Gasteiger partial charge >= 0.3 is 0 Å². The summed E-state index contributed by atoms with van der Waals surface area (Å²) in [5, 5.41) is 2.72. The van der Waals surface area contributed by atoms with Crippen LogP contribution in [-0.2, 0) is 4.79 Å². The zero-order chi connectivity index (χ0) is 10.8. The lowest BCUT2D eigenvalue weighted by Crippen LogP contribution is -2.38. The molecule has 1 amide bonds. The van der Waals surface area contributed by atoms with Crippen LogP contribution in [-0.4, -0.2) is 18.4 Å². The molecule has 1 saturated carbocycles. The highest BCUT2D eigenvalue weighted by molar-refractivity contribution is 5.77. The third-order valence-corrected chi connectivity index (χ3v) is 2.55. The van der Waals surface area contributed by atoms with Crippen LogP contribution >= 0.6 is 0 Å². The number of nitrogens with one attached hydrogen (secondary N) is 1. The highest BCUT2D eigenvalue weighted by Gasteiger charge is 2.44. The largest absolute Gasteiger partial charge is 0.356 e. The Labute approximate surface area is 83.1 Å². The first-order valence-electron chi connectivity index (χ1n) is 5.06. The van der Waals surface area contributed by atoms with Gasteiger partial charge in [0.15, 0.2) is 0 Å². The highest BCUT2D eigenvalue weighted by Crippen LogP contribution is 2.43. The molecule has 0 atom stereocenters. The Balaban J connectivity index is 2.04. The fourth-order valence-corrected chi connectivity index (χ4v) is 1.59. The van der Waals surface area contributed by atoms with Crippen molar-refractivity contribution in [3.05, 3.63) is 0 Å². The van der Waals surface area contributed by atoms with Crippen molar-refractivity contribution >= 4 is 5.91 Å². The van der Waals surface area contributed by atoms with E-state index >= 15 is 0 Å². The van der Waals surface area contributed by atoms with E-state index in [1.165, 1.54) is 0 Å². The first kappa shape index (κ1) is 11.4. The molecule has 1 N–H and O–H groups in total. The number of alkyl halides is 2. The quantitative estimate of drug-likeness (QED) is 0.749. The molecule has 0 radical (unpaired) electrons. The third kappa shape index (κ3) is 3.24. The highest BCUT2D eigenvalue weighted by atomic mass is 19.3. The van der Waals surface area contributed by atoms with Crippen molar-refractivity contribution in [1.29, 1.82) is 0 Å². The Morgan fingerprint density at radius 2 is 2.07 bits per heavy atom. The van der Waals surface area contributed by atoms with Crippen molar-refractivity contribution in [1.82, 2.24) is 5.32 Å². The molecule has 0 spiro atoms. The van der Waals surface area contributed by atoms with Crippen LogP contribution in [0.15, 0.2) is 0 Å². The predicted octanol–water partition coefficient (Wildman–Crippen LogP) is 2.19. The summed E-state index contributed by atoms with van der Waals surface area (Å²) in [4.78, 5) is 11.1. The molecule has 0 aromatic heterocycles. The fraction of sp³-hybridized carbons (Fsp3) is 0.900. The van der Waals surface area contributed by atoms with Gasteiger partial charge in [-0.2, -0.15) is 0 Å². The maximum Gasteiger partial charge on any atom is 0.248 e. The smallest absolute Gasteiger partial charge is 0.248 e. The lowest BCUT2D eigenvalue weighted by molar-refractivity contribution is -0.124. The molecular formula is C10H17F2NO. The summed E-state index contributed by atoms with van der Waals surface area (Å²) in [6, 6.07) is 0. The number of carbonyl (C=O) groups excluding carboxylic acids is 1. The number of hydrogen-bond acceptors (Lipinski definition) is 1. The van der Waals surface area contributed by atoms with Crippen molar-refractivity contribution in [2.24, 2.45) is 11.8 Å². The maximum atomic E-state index is 12.4. The zero-order valence-corrected chi connectivity index (χ0v) is 8.65. The van der Waals surface area contributed by atoms with E-state index in [4.69, 9.17) is 0 Å². The van der Waals surface area contributed by atoms with E-state index < -0.39 is 5.92 Å². The van der Waals surface area contributed by atoms with Crippen LogP contribution in [0.1, 0.15) is 33.1 Å². The van der Waals surface area contributed by atoms with Crippen molar-refractivity contribution < 1.29 is 13.6 Å². The summed E-state index contributed by atoms with van der Waals surface area (Å²) < 4.78 is 24.8. The molecule has 0 heterocycles. The van der Waals surface area contributed by atoms with Gasteiger partial charge in [0, 0.05) is 25.3 Å². The van der Waals surface area contributed by atoms with E-state index in [0.29, 0.717) is 13.0 Å². The normalized spacial score (nSPS) is 20.6. The van der Waals surface area contributed by atoms with Crippen LogP contribution in [0.4, 0.5) is 8.78 Å². The van der Waals surface area contributed by atoms with Crippen molar-refractivity contribution in [3.63, 3.8) is 0 Å². The Bertz CT molecular complexity index is 208. The van der Waals surface area contributed by atoms with Crippen molar-refractivity contribution in [2.75, 3.05) is 6.54 Å². The van der Waals surface area contributed by atoms with E-state index in [-0.39, 0.29) is 30.6 Å². The average molecular weight is 205 g/mol. The van der Waals surface area contributed by atoms with Gasteiger partial charge in [0.2, 0.25) is 11.8 Å². The molecule has 4 heteroatoms. The van der Waals surface area contributed by atoms with Gasteiger partial charge in [0.05, 0.1) is 0 Å². The minimum atomic E-state index is -2.44. The lowest BCUT2D eigenvalue weighted by atomic mass is 9.79. The molecule has 1 rings (SSSR count). The number of carbonyl (C=O) groups is 1. The second-order valence-electron chi connectivity index (χ2n) is 4.36. The van der Waals surface area contributed by atoms with E-state index in [1.54, 1.807) is 0 Å². The van der Waals surface area contributed by atoms with Gasteiger partial charge in [-0.3, -0.25) is 4.79 Å². The lowest BCUT2D eigenvalue weighted by Gasteiger charge is -2.34. The molecule has 0 aliphatic heterocycles. The number of amides is 1. The van der Waals surface area contributed by atoms with Crippen molar-refractivity contribution in [3.8, 4) is 0 Å².